The van der Waals surface area contributed by atoms with Gasteiger partial charge in [0.1, 0.15) is 17.8 Å². The fourth-order valence-electron chi connectivity index (χ4n) is 4.05. The van der Waals surface area contributed by atoms with Crippen LogP contribution < -0.4 is 16.4 Å². The van der Waals surface area contributed by atoms with Crippen molar-refractivity contribution >= 4 is 29.3 Å². The maximum absolute atomic E-state index is 13.2. The number of carbonyl (C=O) groups is 4. The first kappa shape index (κ1) is 17.3. The molecule has 2 saturated heterocycles. The fourth-order valence-corrected chi connectivity index (χ4v) is 4.05. The van der Waals surface area contributed by atoms with Crippen LogP contribution in [0.4, 0.5) is 0 Å². The topological polar surface area (TPSA) is 139 Å². The summed E-state index contributed by atoms with van der Waals surface area (Å²) in [6.45, 7) is 0. The van der Waals surface area contributed by atoms with Crippen molar-refractivity contribution in [2.24, 2.45) is 5.73 Å². The maximum Gasteiger partial charge on any atom is 0.273 e. The molecule has 1 aromatic heterocycles. The van der Waals surface area contributed by atoms with Crippen LogP contribution in [0, 0.1) is 0 Å². The predicted molar refractivity (Wildman–Crippen MR) is 92.2 cm³/mol. The zero-order valence-electron chi connectivity index (χ0n) is 14.6. The van der Waals surface area contributed by atoms with Gasteiger partial charge in [-0.15, -0.1) is 0 Å². The van der Waals surface area contributed by atoms with Crippen molar-refractivity contribution in [3.63, 3.8) is 0 Å². The Morgan fingerprint density at radius 1 is 1.26 bits per heavy atom. The smallest absolute Gasteiger partial charge is 0.273 e. The van der Waals surface area contributed by atoms with Crippen LogP contribution in [-0.2, 0) is 19.2 Å². The highest BCUT2D eigenvalue weighted by Gasteiger charge is 2.46. The van der Waals surface area contributed by atoms with Gasteiger partial charge in [0.2, 0.25) is 17.7 Å². The summed E-state index contributed by atoms with van der Waals surface area (Å²) in [7, 11) is 0. The van der Waals surface area contributed by atoms with Gasteiger partial charge in [-0.05, 0) is 19.3 Å². The van der Waals surface area contributed by atoms with E-state index in [-0.39, 0.29) is 24.1 Å². The molecule has 10 nitrogen and oxygen atoms in total. The zero-order chi connectivity index (χ0) is 19.1. The Bertz CT molecular complexity index is 846. The summed E-state index contributed by atoms with van der Waals surface area (Å²) in [5.74, 6) is -1.63. The van der Waals surface area contributed by atoms with Crippen LogP contribution in [-0.4, -0.2) is 56.2 Å². The molecule has 142 valence electrons. The van der Waals surface area contributed by atoms with E-state index in [1.54, 1.807) is 23.3 Å². The molecular formula is C17H20N6O4. The summed E-state index contributed by atoms with van der Waals surface area (Å²) in [6, 6.07) is -1.51. The molecule has 0 radical (unpaired) electrons. The third kappa shape index (κ3) is 2.96. The van der Waals surface area contributed by atoms with Crippen molar-refractivity contribution in [3.05, 3.63) is 24.4 Å². The molecule has 3 aliphatic heterocycles. The normalized spacial score (nSPS) is 27.6. The second kappa shape index (κ2) is 6.53. The number of nitrogens with two attached hydrogens (primary N) is 1. The predicted octanol–water partition coefficient (Wildman–Crippen LogP) is -1.30. The van der Waals surface area contributed by atoms with Gasteiger partial charge in [0.05, 0.1) is 12.0 Å². The van der Waals surface area contributed by atoms with E-state index >= 15 is 0 Å². The van der Waals surface area contributed by atoms with E-state index < -0.39 is 29.8 Å². The molecule has 0 aliphatic carbocycles. The standard InChI is InChI=1S/C17H20N6O4/c18-15(25)11-3-1-9-7-12(22-6-5-19-8-22)14(17(27)23(9)11)21-16(26)10-2-4-13(24)20-10/h5-6,8-11H,1-4,7H2,(H2,18,25)(H,20,24)(H,21,26)/t9-,10+,11+/m1/s1. The van der Waals surface area contributed by atoms with E-state index in [1.807, 2.05) is 0 Å². The average Bonchev–Trinajstić information content (AvgIpc) is 3.36. The minimum atomic E-state index is -0.676. The molecule has 3 aliphatic rings. The lowest BCUT2D eigenvalue weighted by Gasteiger charge is -2.35. The SMILES string of the molecule is NC(=O)[C@@H]1CC[C@@H]2CC(n3ccnc3)=C(NC(=O)[C@@H]3CCC(=O)N3)C(=O)N21. The fraction of sp³-hybridized carbons (Fsp3) is 0.471. The van der Waals surface area contributed by atoms with E-state index in [9.17, 15) is 19.2 Å². The number of rotatable bonds is 4. The van der Waals surface area contributed by atoms with E-state index in [0.29, 0.717) is 31.4 Å². The number of nitrogens with zero attached hydrogens (tertiary/aromatic N) is 3. The van der Waals surface area contributed by atoms with Crippen LogP contribution in [0.2, 0.25) is 0 Å². The van der Waals surface area contributed by atoms with Crippen molar-refractivity contribution in [2.45, 2.75) is 50.2 Å². The quantitative estimate of drug-likeness (QED) is 0.602. The molecule has 0 unspecified atom stereocenters. The van der Waals surface area contributed by atoms with Crippen molar-refractivity contribution in [1.29, 1.82) is 0 Å². The second-order valence-electron chi connectivity index (χ2n) is 7.01. The van der Waals surface area contributed by atoms with Gasteiger partial charge < -0.3 is 25.8 Å². The molecule has 3 atom stereocenters. The third-order valence-electron chi connectivity index (χ3n) is 5.37. The number of aromatic nitrogens is 2. The van der Waals surface area contributed by atoms with E-state index in [0.717, 1.165) is 0 Å². The van der Waals surface area contributed by atoms with Crippen LogP contribution >= 0.6 is 0 Å². The summed E-state index contributed by atoms with van der Waals surface area (Å²) in [4.78, 5) is 54.4. The number of imidazole rings is 1. The van der Waals surface area contributed by atoms with Crippen molar-refractivity contribution in [1.82, 2.24) is 25.1 Å². The van der Waals surface area contributed by atoms with Gasteiger partial charge >= 0.3 is 0 Å². The molecule has 27 heavy (non-hydrogen) atoms. The number of nitrogens with one attached hydrogen (secondary N) is 2. The summed E-state index contributed by atoms with van der Waals surface area (Å²) in [6.07, 6.45) is 7.13. The van der Waals surface area contributed by atoms with Crippen molar-refractivity contribution in [3.8, 4) is 0 Å². The van der Waals surface area contributed by atoms with Gasteiger partial charge in [0.15, 0.2) is 0 Å². The molecule has 0 bridgehead atoms. The van der Waals surface area contributed by atoms with Crippen LogP contribution in [0.15, 0.2) is 24.4 Å². The van der Waals surface area contributed by atoms with E-state index in [2.05, 4.69) is 15.6 Å². The van der Waals surface area contributed by atoms with Gasteiger partial charge in [-0.3, -0.25) is 19.2 Å². The minimum Gasteiger partial charge on any atom is -0.368 e. The Morgan fingerprint density at radius 2 is 2.07 bits per heavy atom. The van der Waals surface area contributed by atoms with Crippen LogP contribution in [0.1, 0.15) is 32.1 Å². The number of hydrogen-bond acceptors (Lipinski definition) is 5. The lowest BCUT2D eigenvalue weighted by atomic mass is 10.0. The molecule has 4 amide bonds. The highest BCUT2D eigenvalue weighted by atomic mass is 16.2. The lowest BCUT2D eigenvalue weighted by Crippen LogP contribution is -2.53. The van der Waals surface area contributed by atoms with Crippen LogP contribution in [0.3, 0.4) is 0 Å². The summed E-state index contributed by atoms with van der Waals surface area (Å²) in [5.41, 5.74) is 6.17. The van der Waals surface area contributed by atoms with E-state index in [1.165, 1.54) is 4.90 Å². The van der Waals surface area contributed by atoms with Gasteiger partial charge in [0, 0.05) is 31.3 Å². The van der Waals surface area contributed by atoms with Crippen molar-refractivity contribution in [2.75, 3.05) is 0 Å². The molecule has 4 rings (SSSR count). The van der Waals surface area contributed by atoms with Crippen LogP contribution in [0.25, 0.3) is 5.70 Å². The monoisotopic (exact) mass is 372 g/mol. The Hall–Kier alpha value is -3.17. The molecule has 10 heteroatoms. The first-order valence-corrected chi connectivity index (χ1v) is 8.89. The molecule has 2 fully saturated rings. The molecule has 0 saturated carbocycles. The maximum atomic E-state index is 13.2. The number of amides is 4. The highest BCUT2D eigenvalue weighted by Crippen LogP contribution is 2.36. The van der Waals surface area contributed by atoms with Gasteiger partial charge in [-0.2, -0.15) is 0 Å². The highest BCUT2D eigenvalue weighted by molar-refractivity contribution is 6.06. The van der Waals surface area contributed by atoms with Gasteiger partial charge in [-0.25, -0.2) is 4.98 Å². The molecular weight excluding hydrogens is 352 g/mol. The Kier molecular flexibility index (Phi) is 4.17. The zero-order valence-corrected chi connectivity index (χ0v) is 14.6. The number of fused-ring (bicyclic) bond motifs is 1. The number of carbonyl (C=O) groups excluding carboxylic acids is 4. The molecule has 1 aromatic rings. The average molecular weight is 372 g/mol. The first-order chi connectivity index (χ1) is 13.0. The Morgan fingerprint density at radius 3 is 2.70 bits per heavy atom. The first-order valence-electron chi connectivity index (χ1n) is 8.89. The minimum absolute atomic E-state index is 0.101. The van der Waals surface area contributed by atoms with Crippen LogP contribution in [0.5, 0.6) is 0 Å². The van der Waals surface area contributed by atoms with Gasteiger partial charge in [-0.1, -0.05) is 0 Å². The summed E-state index contributed by atoms with van der Waals surface area (Å²) >= 11 is 0. The molecule has 0 spiro atoms. The number of primary amides is 1. The largest absolute Gasteiger partial charge is 0.368 e. The van der Waals surface area contributed by atoms with Gasteiger partial charge in [0.25, 0.3) is 5.91 Å². The third-order valence-corrected chi connectivity index (χ3v) is 5.37. The number of hydrogen-bond donors (Lipinski definition) is 3. The van der Waals surface area contributed by atoms with Crippen molar-refractivity contribution < 1.29 is 19.2 Å². The lowest BCUT2D eigenvalue weighted by molar-refractivity contribution is -0.137. The van der Waals surface area contributed by atoms with E-state index in [4.69, 9.17) is 5.73 Å². The molecule has 4 N–H and O–H groups in total. The Balaban J connectivity index is 1.68. The molecule has 4 heterocycles. The summed E-state index contributed by atoms with van der Waals surface area (Å²) < 4.78 is 1.69. The molecule has 0 aromatic carbocycles. The second-order valence-corrected chi connectivity index (χ2v) is 7.01. The Labute approximate surface area is 154 Å². The summed E-state index contributed by atoms with van der Waals surface area (Å²) in [5, 5.41) is 5.26.